The van der Waals surface area contributed by atoms with E-state index in [0.29, 0.717) is 6.04 Å². The first-order chi connectivity index (χ1) is 9.22. The fourth-order valence-corrected chi connectivity index (χ4v) is 2.18. The van der Waals surface area contributed by atoms with E-state index >= 15 is 0 Å². The molecule has 0 saturated carbocycles. The lowest BCUT2D eigenvalue weighted by Gasteiger charge is -2.17. The summed E-state index contributed by atoms with van der Waals surface area (Å²) in [6.07, 6.45) is 0.989. The van der Waals surface area contributed by atoms with Crippen molar-refractivity contribution in [2.45, 2.75) is 19.4 Å². The highest BCUT2D eigenvalue weighted by molar-refractivity contribution is 5.85. The molecule has 1 atom stereocenters. The van der Waals surface area contributed by atoms with Crippen molar-refractivity contribution in [3.8, 4) is 5.75 Å². The Morgan fingerprint density at radius 1 is 1.00 bits per heavy atom. The third-order valence-corrected chi connectivity index (χ3v) is 3.43. The largest absolute Gasteiger partial charge is 0.497 e. The molecule has 0 heterocycles. The standard InChI is InChI=1S/C17H21NO.ClH/c1-13-4-6-14(7-5-13)12-17(18-2)15-8-10-16(19-3)11-9-15;/h4-11,17-18H,12H2,1-3H3;1H. The summed E-state index contributed by atoms with van der Waals surface area (Å²) in [6.45, 7) is 2.11. The maximum atomic E-state index is 5.19. The number of rotatable bonds is 5. The summed E-state index contributed by atoms with van der Waals surface area (Å²) in [5.74, 6) is 0.897. The van der Waals surface area contributed by atoms with Crippen molar-refractivity contribution in [3.05, 3.63) is 65.2 Å². The fraction of sp³-hybridized carbons (Fsp3) is 0.294. The second-order valence-corrected chi connectivity index (χ2v) is 4.80. The third-order valence-electron chi connectivity index (χ3n) is 3.43. The Kier molecular flexibility index (Phi) is 6.56. The number of ether oxygens (including phenoxy) is 1. The molecule has 1 N–H and O–H groups in total. The Hall–Kier alpha value is -1.51. The van der Waals surface area contributed by atoms with Gasteiger partial charge in [-0.2, -0.15) is 0 Å². The topological polar surface area (TPSA) is 21.3 Å². The van der Waals surface area contributed by atoms with Crippen LogP contribution < -0.4 is 10.1 Å². The number of hydrogen-bond donors (Lipinski definition) is 1. The molecule has 0 bridgehead atoms. The summed E-state index contributed by atoms with van der Waals surface area (Å²) < 4.78 is 5.19. The molecule has 0 fully saturated rings. The van der Waals surface area contributed by atoms with E-state index in [4.69, 9.17) is 4.74 Å². The van der Waals surface area contributed by atoms with Crippen LogP contribution in [-0.4, -0.2) is 14.2 Å². The van der Waals surface area contributed by atoms with Gasteiger partial charge in [0, 0.05) is 6.04 Å². The molecular formula is C17H22ClNO. The molecule has 1 unspecified atom stereocenters. The lowest BCUT2D eigenvalue weighted by molar-refractivity contribution is 0.414. The van der Waals surface area contributed by atoms with E-state index in [2.05, 4.69) is 48.6 Å². The summed E-state index contributed by atoms with van der Waals surface area (Å²) in [4.78, 5) is 0. The third kappa shape index (κ3) is 4.26. The van der Waals surface area contributed by atoms with Gasteiger partial charge in [0.15, 0.2) is 0 Å². The monoisotopic (exact) mass is 291 g/mol. The molecule has 0 saturated heterocycles. The lowest BCUT2D eigenvalue weighted by atomic mass is 9.98. The lowest BCUT2D eigenvalue weighted by Crippen LogP contribution is -2.18. The number of hydrogen-bond acceptors (Lipinski definition) is 2. The van der Waals surface area contributed by atoms with Crippen LogP contribution in [0.3, 0.4) is 0 Å². The molecular weight excluding hydrogens is 270 g/mol. The van der Waals surface area contributed by atoms with Crippen molar-refractivity contribution >= 4 is 12.4 Å². The predicted molar refractivity (Wildman–Crippen MR) is 86.9 cm³/mol. The van der Waals surface area contributed by atoms with Crippen LogP contribution in [0.2, 0.25) is 0 Å². The molecule has 2 aromatic carbocycles. The van der Waals surface area contributed by atoms with Crippen LogP contribution in [0, 0.1) is 6.92 Å². The van der Waals surface area contributed by atoms with Gasteiger partial charge in [-0.25, -0.2) is 0 Å². The Balaban J connectivity index is 0.00000200. The highest BCUT2D eigenvalue weighted by Crippen LogP contribution is 2.21. The molecule has 0 amide bonds. The van der Waals surface area contributed by atoms with E-state index in [1.807, 2.05) is 19.2 Å². The molecule has 0 radical (unpaired) electrons. The van der Waals surface area contributed by atoms with Crippen LogP contribution in [-0.2, 0) is 6.42 Å². The van der Waals surface area contributed by atoms with E-state index in [1.54, 1.807) is 7.11 Å². The van der Waals surface area contributed by atoms with Crippen molar-refractivity contribution in [1.82, 2.24) is 5.32 Å². The highest BCUT2D eigenvalue weighted by atomic mass is 35.5. The minimum absolute atomic E-state index is 0. The summed E-state index contributed by atoms with van der Waals surface area (Å²) >= 11 is 0. The molecule has 0 aliphatic carbocycles. The molecule has 2 rings (SSSR count). The minimum Gasteiger partial charge on any atom is -0.497 e. The summed E-state index contributed by atoms with van der Waals surface area (Å²) in [6, 6.07) is 17.3. The quantitative estimate of drug-likeness (QED) is 0.901. The zero-order valence-corrected chi connectivity index (χ0v) is 13.0. The molecule has 108 valence electrons. The zero-order valence-electron chi connectivity index (χ0n) is 12.2. The van der Waals surface area contributed by atoms with Crippen LogP contribution in [0.4, 0.5) is 0 Å². The number of likely N-dealkylation sites (N-methyl/N-ethyl adjacent to an activating group) is 1. The van der Waals surface area contributed by atoms with Gasteiger partial charge in [0.1, 0.15) is 5.75 Å². The van der Waals surface area contributed by atoms with Gasteiger partial charge >= 0.3 is 0 Å². The Morgan fingerprint density at radius 3 is 2.10 bits per heavy atom. The van der Waals surface area contributed by atoms with E-state index in [-0.39, 0.29) is 12.4 Å². The second-order valence-electron chi connectivity index (χ2n) is 4.80. The van der Waals surface area contributed by atoms with Gasteiger partial charge in [-0.05, 0) is 43.7 Å². The number of halogens is 1. The number of nitrogens with one attached hydrogen (secondary N) is 1. The first kappa shape index (κ1) is 16.5. The number of aryl methyl sites for hydroxylation is 1. The van der Waals surface area contributed by atoms with Gasteiger partial charge in [0.2, 0.25) is 0 Å². The molecule has 2 aromatic rings. The molecule has 3 heteroatoms. The van der Waals surface area contributed by atoms with Crippen LogP contribution in [0.25, 0.3) is 0 Å². The minimum atomic E-state index is 0. The molecule has 0 aliphatic heterocycles. The fourth-order valence-electron chi connectivity index (χ4n) is 2.18. The van der Waals surface area contributed by atoms with Crippen molar-refractivity contribution in [1.29, 1.82) is 0 Å². The van der Waals surface area contributed by atoms with Gasteiger partial charge < -0.3 is 10.1 Å². The maximum absolute atomic E-state index is 5.19. The smallest absolute Gasteiger partial charge is 0.118 e. The molecule has 0 spiro atoms. The molecule has 2 nitrogen and oxygen atoms in total. The number of methoxy groups -OCH3 is 1. The van der Waals surface area contributed by atoms with Crippen molar-refractivity contribution in [2.24, 2.45) is 0 Å². The van der Waals surface area contributed by atoms with Gasteiger partial charge in [-0.1, -0.05) is 42.0 Å². The predicted octanol–water partition coefficient (Wildman–Crippen LogP) is 3.93. The first-order valence-corrected chi connectivity index (χ1v) is 6.59. The average molecular weight is 292 g/mol. The van der Waals surface area contributed by atoms with E-state index in [1.165, 1.54) is 16.7 Å². The molecule has 0 aromatic heterocycles. The van der Waals surface area contributed by atoms with Crippen LogP contribution in [0.5, 0.6) is 5.75 Å². The second kappa shape index (κ2) is 7.93. The van der Waals surface area contributed by atoms with Crippen molar-refractivity contribution in [3.63, 3.8) is 0 Å². The highest BCUT2D eigenvalue weighted by Gasteiger charge is 2.10. The van der Waals surface area contributed by atoms with E-state index in [0.717, 1.165) is 12.2 Å². The summed E-state index contributed by atoms with van der Waals surface area (Å²) in [5.41, 5.74) is 3.93. The van der Waals surface area contributed by atoms with E-state index < -0.39 is 0 Å². The van der Waals surface area contributed by atoms with Crippen molar-refractivity contribution < 1.29 is 4.74 Å². The SMILES string of the molecule is CNC(Cc1ccc(C)cc1)c1ccc(OC)cc1.Cl. The van der Waals surface area contributed by atoms with Crippen LogP contribution in [0.15, 0.2) is 48.5 Å². The van der Waals surface area contributed by atoms with Gasteiger partial charge in [0.05, 0.1) is 7.11 Å². The Morgan fingerprint density at radius 2 is 1.60 bits per heavy atom. The van der Waals surface area contributed by atoms with Crippen LogP contribution >= 0.6 is 12.4 Å². The average Bonchev–Trinajstić information content (AvgIpc) is 2.47. The maximum Gasteiger partial charge on any atom is 0.118 e. The Labute approximate surface area is 127 Å². The first-order valence-electron chi connectivity index (χ1n) is 6.59. The van der Waals surface area contributed by atoms with Gasteiger partial charge in [0.25, 0.3) is 0 Å². The van der Waals surface area contributed by atoms with Gasteiger partial charge in [-0.15, -0.1) is 12.4 Å². The molecule has 20 heavy (non-hydrogen) atoms. The van der Waals surface area contributed by atoms with Gasteiger partial charge in [-0.3, -0.25) is 0 Å². The van der Waals surface area contributed by atoms with Crippen molar-refractivity contribution in [2.75, 3.05) is 14.2 Å². The summed E-state index contributed by atoms with van der Waals surface area (Å²) in [7, 11) is 3.69. The summed E-state index contributed by atoms with van der Waals surface area (Å²) in [5, 5.41) is 3.38. The van der Waals surface area contributed by atoms with E-state index in [9.17, 15) is 0 Å². The Bertz CT molecular complexity index is 508. The number of benzene rings is 2. The normalized spacial score (nSPS) is 11.6. The van der Waals surface area contributed by atoms with Crippen LogP contribution in [0.1, 0.15) is 22.7 Å². The zero-order chi connectivity index (χ0) is 13.7. The molecule has 0 aliphatic rings.